The molecule has 390 valence electrons. The molecule has 16 N–H and O–H groups in total. The highest BCUT2D eigenvalue weighted by Crippen LogP contribution is 2.11. The number of rotatable bonds is 18. The van der Waals surface area contributed by atoms with Crippen LogP contribution in [0.3, 0.4) is 0 Å². The van der Waals surface area contributed by atoms with Gasteiger partial charge in [-0.25, -0.2) is 0 Å². The highest BCUT2D eigenvalue weighted by atomic mass is 32.2. The van der Waals surface area contributed by atoms with E-state index in [1.165, 1.54) is 7.11 Å². The minimum Gasteiger partial charge on any atom is -0.481 e. The summed E-state index contributed by atoms with van der Waals surface area (Å²) in [6, 6.07) is -1.11. The molecule has 1 fully saturated rings. The number of carboxylic acid groups (broad SMARTS) is 1. The first-order valence-corrected chi connectivity index (χ1v) is 24.8. The SMILES string of the molecule is COCCNC(=O)[C@@H]1CSCCC(=O)N[C@@H](CCCCN)C(=O)N[C@@H](CS)C(=O)N[C@@H](CCCN=C(N)N)C(=O)NCC(=O)N[C@@H](CC(=O)O)C(=O)N[C@@H](CS)C(=O)N[C@@H](Cc2ccccc2)C(=O)N1. The Bertz CT molecular complexity index is 1950. The molecule has 0 unspecified atom stereocenters. The van der Waals surface area contributed by atoms with Gasteiger partial charge in [-0.3, -0.25) is 52.9 Å². The fourth-order valence-electron chi connectivity index (χ4n) is 6.48. The van der Waals surface area contributed by atoms with Crippen LogP contribution in [-0.4, -0.2) is 175 Å². The van der Waals surface area contributed by atoms with E-state index >= 15 is 0 Å². The number of aliphatic imine (C=N–C) groups is 1. The Balaban J connectivity index is 2.59. The average molecular weight is 1040 g/mol. The average Bonchev–Trinajstić information content (AvgIpc) is 3.32. The van der Waals surface area contributed by atoms with Gasteiger partial charge in [0, 0.05) is 56.1 Å². The predicted octanol–water partition coefficient (Wildman–Crippen LogP) is -4.84. The Kier molecular flexibility index (Phi) is 29.0. The lowest BCUT2D eigenvalue weighted by Crippen LogP contribution is -2.60. The molecule has 1 saturated heterocycles. The van der Waals surface area contributed by atoms with E-state index < -0.39 is 114 Å². The van der Waals surface area contributed by atoms with Crippen molar-refractivity contribution < 1.29 is 57.8 Å². The Morgan fingerprint density at radius 2 is 1.30 bits per heavy atom. The number of unbranched alkanes of at least 4 members (excludes halogenated alkanes) is 1. The lowest BCUT2D eigenvalue weighted by molar-refractivity contribution is -0.141. The van der Waals surface area contributed by atoms with Gasteiger partial charge in [0.05, 0.1) is 19.6 Å². The van der Waals surface area contributed by atoms with E-state index in [4.69, 9.17) is 21.9 Å². The van der Waals surface area contributed by atoms with Crippen molar-refractivity contribution in [2.45, 2.75) is 93.7 Å². The van der Waals surface area contributed by atoms with Gasteiger partial charge in [-0.2, -0.15) is 37.0 Å². The lowest BCUT2D eigenvalue weighted by atomic mass is 10.0. The normalized spacial score (nSPS) is 23.2. The molecule has 1 heterocycles. The highest BCUT2D eigenvalue weighted by molar-refractivity contribution is 7.99. The number of benzene rings is 1. The smallest absolute Gasteiger partial charge is 0.305 e. The number of ether oxygens (including phenoxy) is 1. The summed E-state index contributed by atoms with van der Waals surface area (Å²) < 4.78 is 5.04. The number of aliphatic carboxylic acids is 1. The third kappa shape index (κ3) is 23.6. The van der Waals surface area contributed by atoms with Gasteiger partial charge in [-0.15, -0.1) is 0 Å². The number of thiol groups is 2. The number of thioether (sulfide) groups is 1. The molecule has 9 amide bonds. The molecule has 1 aliphatic heterocycles. The zero-order valence-corrected chi connectivity index (χ0v) is 41.5. The standard InChI is InChI=1S/C42H67N13O12S3/c1-67-16-15-46-36(61)31-23-70-17-12-32(56)49-26(10-5-6-13-43)37(62)53-29(21-68)40(65)51-25(11-7-14-47-42(44)45)35(60)48-20-33(57)50-28(19-34(58)59)39(64)54-30(22-69)41(66)52-27(38(63)55-31)18-24-8-3-2-4-9-24/h2-4,8-9,25-31,68-69H,5-7,10-23,43H2,1H3,(H,46,61)(H,48,60)(H,49,56)(H,50,57)(H,51,65)(H,52,66)(H,53,62)(H,54,64)(H,55,63)(H,58,59)(H4,44,45,47)/t25-,26-,27-,28-,29-,30-,31-/m0/s1. The van der Waals surface area contributed by atoms with Crippen LogP contribution in [0.1, 0.15) is 50.5 Å². The minimum absolute atomic E-state index is 0.0425. The molecule has 1 aromatic rings. The van der Waals surface area contributed by atoms with Crippen molar-refractivity contribution in [2.75, 3.05) is 62.9 Å². The Hall–Kier alpha value is -5.84. The fourth-order valence-corrected chi connectivity index (χ4v) is 7.96. The number of guanidine groups is 1. The van der Waals surface area contributed by atoms with Crippen LogP contribution >= 0.6 is 37.0 Å². The monoisotopic (exact) mass is 1040 g/mol. The highest BCUT2D eigenvalue weighted by Gasteiger charge is 2.33. The summed E-state index contributed by atoms with van der Waals surface area (Å²) in [6.45, 7) is -0.236. The van der Waals surface area contributed by atoms with E-state index in [-0.39, 0.29) is 80.8 Å². The van der Waals surface area contributed by atoms with Gasteiger partial charge in [0.2, 0.25) is 53.2 Å². The second-order valence-corrected chi connectivity index (χ2v) is 17.6. The van der Waals surface area contributed by atoms with Crippen molar-refractivity contribution in [3.63, 3.8) is 0 Å². The fraction of sp³-hybridized carbons (Fsp3) is 0.595. The van der Waals surface area contributed by atoms with Crippen LogP contribution in [0.2, 0.25) is 0 Å². The molecule has 1 aliphatic rings. The van der Waals surface area contributed by atoms with Gasteiger partial charge in [0.1, 0.15) is 42.3 Å². The van der Waals surface area contributed by atoms with Gasteiger partial charge >= 0.3 is 5.97 Å². The maximum absolute atomic E-state index is 14.1. The Labute approximate surface area is 420 Å². The molecule has 0 radical (unpaired) electrons. The van der Waals surface area contributed by atoms with Crippen LogP contribution in [0.25, 0.3) is 0 Å². The third-order valence-corrected chi connectivity index (χ3v) is 12.0. The van der Waals surface area contributed by atoms with Gasteiger partial charge in [0.25, 0.3) is 0 Å². The number of hydrogen-bond acceptors (Lipinski definition) is 16. The molecule has 7 atom stereocenters. The van der Waals surface area contributed by atoms with E-state index in [2.05, 4.69) is 78.1 Å². The number of nitrogens with zero attached hydrogens (tertiary/aromatic N) is 1. The molecular weight excluding hydrogens is 975 g/mol. The van der Waals surface area contributed by atoms with Gasteiger partial charge in [0.15, 0.2) is 5.96 Å². The van der Waals surface area contributed by atoms with Crippen molar-refractivity contribution in [2.24, 2.45) is 22.2 Å². The van der Waals surface area contributed by atoms with Crippen molar-refractivity contribution in [1.82, 2.24) is 47.9 Å². The summed E-state index contributed by atoms with van der Waals surface area (Å²) in [5.74, 6) is -9.82. The second kappa shape index (κ2) is 33.7. The molecule has 0 bridgehead atoms. The molecule has 2 rings (SSSR count). The van der Waals surface area contributed by atoms with Crippen LogP contribution in [0.5, 0.6) is 0 Å². The quantitative estimate of drug-likeness (QED) is 0.0284. The molecule has 0 aliphatic carbocycles. The van der Waals surface area contributed by atoms with Crippen molar-refractivity contribution >= 4 is 102 Å². The largest absolute Gasteiger partial charge is 0.481 e. The van der Waals surface area contributed by atoms with E-state index in [0.717, 1.165) is 11.8 Å². The number of methoxy groups -OCH3 is 1. The Morgan fingerprint density at radius 1 is 0.743 bits per heavy atom. The topological polar surface area (TPSA) is 399 Å². The number of carbonyl (C=O) groups excluding carboxylic acids is 9. The predicted molar refractivity (Wildman–Crippen MR) is 266 cm³/mol. The van der Waals surface area contributed by atoms with Crippen LogP contribution in [0.15, 0.2) is 35.3 Å². The van der Waals surface area contributed by atoms with Crippen molar-refractivity contribution in [3.8, 4) is 0 Å². The van der Waals surface area contributed by atoms with E-state index in [1.54, 1.807) is 30.3 Å². The molecule has 70 heavy (non-hydrogen) atoms. The zero-order chi connectivity index (χ0) is 52.0. The molecule has 0 aromatic heterocycles. The van der Waals surface area contributed by atoms with E-state index in [1.807, 2.05) is 0 Å². The number of carbonyl (C=O) groups is 10. The first-order valence-electron chi connectivity index (χ1n) is 22.4. The first kappa shape index (κ1) is 60.3. The van der Waals surface area contributed by atoms with Crippen LogP contribution in [0.4, 0.5) is 0 Å². The van der Waals surface area contributed by atoms with Crippen LogP contribution in [-0.2, 0) is 59.1 Å². The van der Waals surface area contributed by atoms with Gasteiger partial charge in [-0.1, -0.05) is 30.3 Å². The summed E-state index contributed by atoms with van der Waals surface area (Å²) >= 11 is 9.57. The number of nitrogens with two attached hydrogens (primary N) is 3. The maximum atomic E-state index is 14.1. The maximum Gasteiger partial charge on any atom is 0.305 e. The summed E-state index contributed by atoms with van der Waals surface area (Å²) in [4.78, 5) is 138. The minimum atomic E-state index is -1.79. The van der Waals surface area contributed by atoms with Crippen molar-refractivity contribution in [3.05, 3.63) is 35.9 Å². The number of carboxylic acids is 1. The lowest BCUT2D eigenvalue weighted by Gasteiger charge is -2.26. The summed E-state index contributed by atoms with van der Waals surface area (Å²) in [6.07, 6.45) is -0.0439. The molecule has 1 aromatic carbocycles. The summed E-state index contributed by atoms with van der Waals surface area (Å²) in [7, 11) is 1.44. The number of hydrogen-bond donors (Lipinski definition) is 15. The van der Waals surface area contributed by atoms with E-state index in [9.17, 15) is 53.1 Å². The number of nitrogens with one attached hydrogen (secondary N) is 9. The molecule has 25 nitrogen and oxygen atoms in total. The molecule has 0 spiro atoms. The first-order chi connectivity index (χ1) is 33.4. The molecule has 0 saturated carbocycles. The Morgan fingerprint density at radius 3 is 1.90 bits per heavy atom. The van der Waals surface area contributed by atoms with Gasteiger partial charge in [-0.05, 0) is 44.2 Å². The van der Waals surface area contributed by atoms with E-state index in [0.29, 0.717) is 24.9 Å². The molecule has 28 heteroatoms. The third-order valence-electron chi connectivity index (χ3n) is 10.2. The summed E-state index contributed by atoms with van der Waals surface area (Å²) in [5, 5.41) is 32.3. The summed E-state index contributed by atoms with van der Waals surface area (Å²) in [5.41, 5.74) is 17.1. The van der Waals surface area contributed by atoms with Crippen LogP contribution in [0, 0.1) is 0 Å². The van der Waals surface area contributed by atoms with Gasteiger partial charge < -0.3 is 74.9 Å². The van der Waals surface area contributed by atoms with Crippen molar-refractivity contribution in [1.29, 1.82) is 0 Å². The second-order valence-electron chi connectivity index (χ2n) is 15.8. The molecular formula is C42H67N13O12S3. The zero-order valence-electron chi connectivity index (χ0n) is 38.9. The van der Waals surface area contributed by atoms with Crippen LogP contribution < -0.4 is 65.1 Å². The number of amides is 9.